The molecule has 0 fully saturated rings. The lowest BCUT2D eigenvalue weighted by atomic mass is 10.2. The molecule has 0 unspecified atom stereocenters. The SMILES string of the molecule is Cc1nc([N+](=O)[O-])cn1CCC(=O)O.N=C(N)SCCCS(=O)(=O)O.Nc1c(Br)cc(Br)cc1C(=O)O. The number of hydrogen-bond donors (Lipinski definition) is 6. The molecule has 0 aliphatic carbocycles. The van der Waals surface area contributed by atoms with Crippen LogP contribution in [0.2, 0.25) is 0 Å². The number of thioether (sulfide) groups is 1. The molecule has 1 heterocycles. The van der Waals surface area contributed by atoms with Crippen molar-refractivity contribution in [1.29, 1.82) is 5.41 Å². The highest BCUT2D eigenvalue weighted by Gasteiger charge is 2.15. The van der Waals surface area contributed by atoms with Gasteiger partial charge in [-0.05, 0) is 44.4 Å². The molecule has 0 aliphatic heterocycles. The van der Waals surface area contributed by atoms with Gasteiger partial charge in [-0.15, -0.1) is 0 Å². The van der Waals surface area contributed by atoms with Crippen LogP contribution in [0.3, 0.4) is 0 Å². The van der Waals surface area contributed by atoms with Crippen molar-refractivity contribution in [2.75, 3.05) is 17.2 Å². The van der Waals surface area contributed by atoms with Crippen LogP contribution in [0.1, 0.15) is 29.0 Å². The predicted molar refractivity (Wildman–Crippen MR) is 144 cm³/mol. The number of carboxylic acids is 2. The molecule has 0 aliphatic rings. The average molecular weight is 692 g/mol. The molecule has 1 aromatic heterocycles. The van der Waals surface area contributed by atoms with Gasteiger partial charge in [0.05, 0.1) is 23.4 Å². The third-order valence-corrected chi connectivity index (χ3v) is 6.57. The summed E-state index contributed by atoms with van der Waals surface area (Å²) in [6, 6.07) is 3.16. The number of hydrogen-bond acceptors (Lipinski definition) is 10. The van der Waals surface area contributed by atoms with E-state index in [2.05, 4.69) is 36.8 Å². The first-order valence-electron chi connectivity index (χ1n) is 9.74. The Labute approximate surface area is 232 Å². The lowest BCUT2D eigenvalue weighted by Gasteiger charge is -2.03. The van der Waals surface area contributed by atoms with E-state index in [9.17, 15) is 28.1 Å². The molecule has 0 atom stereocenters. The van der Waals surface area contributed by atoms with Crippen molar-refractivity contribution in [2.45, 2.75) is 26.3 Å². The van der Waals surface area contributed by atoms with E-state index in [1.54, 1.807) is 13.0 Å². The maximum absolute atomic E-state index is 10.6. The van der Waals surface area contributed by atoms with Crippen LogP contribution in [-0.4, -0.2) is 66.3 Å². The molecule has 0 radical (unpaired) electrons. The standard InChI is InChI=1S/C7H5Br2NO2.C7H9N3O4.C4H10N2O3S2/c8-3-1-4(7(11)12)6(10)5(9)2-3;1-5-8-6(10(13)14)4-9(5)3-2-7(11)12;5-4(6)10-2-1-3-11(7,8)9/h1-2H,10H2,(H,11,12);4H,2-3H2,1H3,(H,11,12);1-3H2,(H3,5,6)(H,7,8,9). The molecule has 0 bridgehead atoms. The first kappa shape index (κ1) is 34.3. The number of nitrogens with one attached hydrogen (secondary N) is 1. The van der Waals surface area contributed by atoms with Crippen LogP contribution >= 0.6 is 43.6 Å². The molecule has 0 spiro atoms. The Hall–Kier alpha value is -2.74. The normalized spacial score (nSPS) is 10.4. The molecule has 19 heteroatoms. The molecule has 1 aromatic carbocycles. The highest BCUT2D eigenvalue weighted by Crippen LogP contribution is 2.28. The highest BCUT2D eigenvalue weighted by molar-refractivity contribution is 9.11. The number of carbonyl (C=O) groups is 2. The largest absolute Gasteiger partial charge is 0.481 e. The average Bonchev–Trinajstić information content (AvgIpc) is 3.13. The monoisotopic (exact) mass is 690 g/mol. The summed E-state index contributed by atoms with van der Waals surface area (Å²) in [5.74, 6) is -1.62. The maximum Gasteiger partial charge on any atom is 0.381 e. The summed E-state index contributed by atoms with van der Waals surface area (Å²) in [6.07, 6.45) is 1.47. The molecule has 0 amide bonds. The number of halogens is 2. The van der Waals surface area contributed by atoms with Gasteiger partial charge in [-0.25, -0.2) is 4.79 Å². The third-order valence-electron chi connectivity index (χ3n) is 3.85. The van der Waals surface area contributed by atoms with Crippen LogP contribution < -0.4 is 11.5 Å². The van der Waals surface area contributed by atoms with Crippen molar-refractivity contribution in [3.05, 3.63) is 48.8 Å². The second kappa shape index (κ2) is 16.2. The number of anilines is 1. The van der Waals surface area contributed by atoms with Crippen molar-refractivity contribution in [3.63, 3.8) is 0 Å². The van der Waals surface area contributed by atoms with E-state index in [0.29, 0.717) is 26.9 Å². The number of benzene rings is 1. The van der Waals surface area contributed by atoms with Gasteiger partial charge in [0.1, 0.15) is 6.20 Å². The fraction of sp³-hybridized carbons (Fsp3) is 0.333. The minimum Gasteiger partial charge on any atom is -0.481 e. The van der Waals surface area contributed by atoms with Crippen LogP contribution in [0.4, 0.5) is 11.5 Å². The minimum absolute atomic E-state index is 0.0414. The number of carboxylic acid groups (broad SMARTS) is 2. The first-order valence-corrected chi connectivity index (χ1v) is 13.9. The van der Waals surface area contributed by atoms with E-state index in [1.165, 1.54) is 16.8 Å². The van der Waals surface area contributed by atoms with Crippen molar-refractivity contribution in [1.82, 2.24) is 9.55 Å². The van der Waals surface area contributed by atoms with E-state index < -0.39 is 27.0 Å². The van der Waals surface area contributed by atoms with Gasteiger partial charge in [0.25, 0.3) is 10.1 Å². The van der Waals surface area contributed by atoms with E-state index in [1.807, 2.05) is 0 Å². The Bertz CT molecular complexity index is 1240. The van der Waals surface area contributed by atoms with E-state index >= 15 is 0 Å². The molecule has 8 N–H and O–H groups in total. The molecule has 2 rings (SSSR count). The Balaban J connectivity index is 0.000000530. The van der Waals surface area contributed by atoms with Crippen LogP contribution in [-0.2, 0) is 21.5 Å². The van der Waals surface area contributed by atoms with Crippen molar-refractivity contribution in [2.24, 2.45) is 5.73 Å². The van der Waals surface area contributed by atoms with Crippen molar-refractivity contribution < 1.29 is 37.7 Å². The van der Waals surface area contributed by atoms with Crippen molar-refractivity contribution in [3.8, 4) is 0 Å². The number of nitrogen functional groups attached to an aromatic ring is 1. The summed E-state index contributed by atoms with van der Waals surface area (Å²) in [4.78, 5) is 34.2. The van der Waals surface area contributed by atoms with E-state index in [4.69, 9.17) is 31.6 Å². The fourth-order valence-corrected chi connectivity index (χ4v) is 4.63. The Kier molecular flexibility index (Phi) is 15.0. The summed E-state index contributed by atoms with van der Waals surface area (Å²) >= 11 is 7.37. The first-order chi connectivity index (χ1) is 16.9. The molecule has 206 valence electrons. The van der Waals surface area contributed by atoms with Gasteiger partial charge in [0.2, 0.25) is 5.82 Å². The number of rotatable bonds is 9. The Morgan fingerprint density at radius 2 is 1.89 bits per heavy atom. The number of aliphatic carboxylic acids is 1. The molecule has 37 heavy (non-hydrogen) atoms. The van der Waals surface area contributed by atoms with Crippen molar-refractivity contribution >= 4 is 82.4 Å². The molecular weight excluding hydrogens is 668 g/mol. The molecule has 0 saturated carbocycles. The second-order valence-electron chi connectivity index (χ2n) is 6.75. The number of aromatic carboxylic acids is 1. The number of nitrogens with zero attached hydrogens (tertiary/aromatic N) is 3. The summed E-state index contributed by atoms with van der Waals surface area (Å²) in [6.45, 7) is 1.79. The molecule has 15 nitrogen and oxygen atoms in total. The second-order valence-corrected chi connectivity index (χ2v) is 11.2. The number of imidazole rings is 1. The minimum atomic E-state index is -3.85. The van der Waals surface area contributed by atoms with Gasteiger partial charge in [0, 0.05) is 28.2 Å². The van der Waals surface area contributed by atoms with Gasteiger partial charge >= 0.3 is 17.8 Å². The third kappa shape index (κ3) is 15.2. The zero-order chi connectivity index (χ0) is 28.9. The van der Waals surface area contributed by atoms with Gasteiger partial charge < -0.3 is 36.4 Å². The van der Waals surface area contributed by atoms with Crippen LogP contribution in [0, 0.1) is 22.4 Å². The van der Waals surface area contributed by atoms with Crippen LogP contribution in [0.15, 0.2) is 27.3 Å². The Morgan fingerprint density at radius 1 is 1.30 bits per heavy atom. The lowest BCUT2D eigenvalue weighted by molar-refractivity contribution is -0.389. The van der Waals surface area contributed by atoms with Crippen LogP contribution in [0.25, 0.3) is 0 Å². The molecule has 2 aromatic rings. The summed E-state index contributed by atoms with van der Waals surface area (Å²) in [5.41, 5.74) is 10.8. The number of aromatic nitrogens is 2. The fourth-order valence-electron chi connectivity index (χ4n) is 2.21. The van der Waals surface area contributed by atoms with Gasteiger partial charge in [0.15, 0.2) is 5.17 Å². The smallest absolute Gasteiger partial charge is 0.381 e. The van der Waals surface area contributed by atoms with E-state index in [0.717, 1.165) is 11.8 Å². The zero-order valence-corrected chi connectivity index (χ0v) is 23.9. The van der Waals surface area contributed by atoms with E-state index in [-0.39, 0.29) is 41.0 Å². The molecular formula is C18H24Br2N6O9S2. The molecule has 0 saturated heterocycles. The maximum atomic E-state index is 10.6. The quantitative estimate of drug-likeness (QED) is 0.0420. The summed E-state index contributed by atoms with van der Waals surface area (Å²) in [7, 11) is -3.85. The number of aryl methyl sites for hydroxylation is 2. The zero-order valence-electron chi connectivity index (χ0n) is 19.1. The number of amidine groups is 1. The number of nitro groups is 1. The summed E-state index contributed by atoms with van der Waals surface area (Å²) < 4.78 is 31.2. The van der Waals surface area contributed by atoms with Crippen LogP contribution in [0.5, 0.6) is 0 Å². The van der Waals surface area contributed by atoms with Gasteiger partial charge in [-0.3, -0.25) is 14.8 Å². The predicted octanol–water partition coefficient (Wildman–Crippen LogP) is 2.96. The Morgan fingerprint density at radius 3 is 2.32 bits per heavy atom. The number of nitrogens with two attached hydrogens (primary N) is 2. The topological polar surface area (TPSA) is 266 Å². The highest BCUT2D eigenvalue weighted by atomic mass is 79.9. The lowest BCUT2D eigenvalue weighted by Crippen LogP contribution is -2.08. The summed E-state index contributed by atoms with van der Waals surface area (Å²) in [5, 5.41) is 34.1. The van der Waals surface area contributed by atoms with Gasteiger partial charge in [-0.2, -0.15) is 8.42 Å². The van der Waals surface area contributed by atoms with Gasteiger partial charge in [-0.1, -0.05) is 27.7 Å².